The number of tetrazole rings is 1. The van der Waals surface area contributed by atoms with E-state index in [9.17, 15) is 9.59 Å². The van der Waals surface area contributed by atoms with Crippen LogP contribution in [-0.2, 0) is 13.0 Å². The fourth-order valence-electron chi connectivity index (χ4n) is 4.86. The first kappa shape index (κ1) is 27.7. The molecule has 2 heterocycles. The van der Waals surface area contributed by atoms with Crippen LogP contribution in [0, 0.1) is 6.92 Å². The van der Waals surface area contributed by atoms with Crippen LogP contribution in [0.25, 0.3) is 22.2 Å². The van der Waals surface area contributed by atoms with Gasteiger partial charge in [-0.1, -0.05) is 54.5 Å². The van der Waals surface area contributed by atoms with Gasteiger partial charge in [-0.15, -0.1) is 5.10 Å². The van der Waals surface area contributed by atoms with E-state index in [1.54, 1.807) is 6.07 Å². The summed E-state index contributed by atoms with van der Waals surface area (Å²) in [5, 5.41) is 19.1. The normalized spacial score (nSPS) is 11.5. The quantitative estimate of drug-likeness (QED) is 0.240. The largest absolute Gasteiger partial charge is 0.347 e. The molecule has 0 unspecified atom stereocenters. The molecule has 10 nitrogen and oxygen atoms in total. The third kappa shape index (κ3) is 6.16. The molecule has 5 aromatic rings. The first-order chi connectivity index (χ1) is 19.6. The van der Waals surface area contributed by atoms with E-state index in [1.807, 2.05) is 70.2 Å². The van der Waals surface area contributed by atoms with Gasteiger partial charge in [0.15, 0.2) is 0 Å². The molecule has 0 fully saturated rings. The number of anilines is 1. The van der Waals surface area contributed by atoms with Gasteiger partial charge in [-0.25, -0.2) is 4.98 Å². The number of imidazole rings is 1. The van der Waals surface area contributed by atoms with Crippen LogP contribution in [0.15, 0.2) is 60.7 Å². The number of carbonyl (C=O) groups excluding carboxylic acids is 2. The Labute approximate surface area is 238 Å². The van der Waals surface area contributed by atoms with E-state index in [4.69, 9.17) is 4.98 Å². The van der Waals surface area contributed by atoms with Gasteiger partial charge in [0.25, 0.3) is 17.8 Å². The van der Waals surface area contributed by atoms with Crippen LogP contribution in [-0.4, -0.2) is 47.5 Å². The summed E-state index contributed by atoms with van der Waals surface area (Å²) in [5.41, 5.74) is 6.43. The number of H-pyrrole nitrogens is 1. The van der Waals surface area contributed by atoms with Crippen molar-refractivity contribution in [1.82, 2.24) is 35.5 Å². The molecule has 3 aromatic carbocycles. The molecule has 41 heavy (non-hydrogen) atoms. The van der Waals surface area contributed by atoms with Gasteiger partial charge < -0.3 is 9.88 Å². The highest BCUT2D eigenvalue weighted by molar-refractivity contribution is 6.08. The standard InChI is InChI=1S/C31H34N8O2/c1-6-9-26-32-27-19(2)16-22(28(40)34-31(3,4)5)17-25(27)39(26)18-20-12-14-21(15-13-20)23-10-7-8-11-24(23)29(41)33-30-35-37-38-36-30/h7-8,10-17H,6,9,18H2,1-5H3,(H,34,40)(H2,33,35,36,37,38,41). The van der Waals surface area contributed by atoms with E-state index in [2.05, 4.69) is 54.9 Å². The van der Waals surface area contributed by atoms with Crippen molar-refractivity contribution in [2.24, 2.45) is 0 Å². The lowest BCUT2D eigenvalue weighted by Crippen LogP contribution is -2.40. The molecule has 2 aromatic heterocycles. The Bertz CT molecular complexity index is 1700. The monoisotopic (exact) mass is 550 g/mol. The van der Waals surface area contributed by atoms with Crippen molar-refractivity contribution >= 4 is 28.8 Å². The summed E-state index contributed by atoms with van der Waals surface area (Å²) in [6.45, 7) is 10.7. The highest BCUT2D eigenvalue weighted by Crippen LogP contribution is 2.27. The molecule has 10 heteroatoms. The van der Waals surface area contributed by atoms with E-state index in [0.717, 1.165) is 52.0 Å². The fraction of sp³-hybridized carbons (Fsp3) is 0.290. The number of hydrogen-bond donors (Lipinski definition) is 3. The van der Waals surface area contributed by atoms with Crippen LogP contribution >= 0.6 is 0 Å². The van der Waals surface area contributed by atoms with Gasteiger partial charge in [0.2, 0.25) is 0 Å². The molecule has 0 spiro atoms. The predicted molar refractivity (Wildman–Crippen MR) is 159 cm³/mol. The van der Waals surface area contributed by atoms with Crippen LogP contribution in [0.2, 0.25) is 0 Å². The maximum atomic E-state index is 13.0. The summed E-state index contributed by atoms with van der Waals surface area (Å²) in [5.74, 6) is 0.692. The zero-order valence-electron chi connectivity index (χ0n) is 23.9. The van der Waals surface area contributed by atoms with Gasteiger partial charge in [-0.05, 0) is 79.8 Å². The SMILES string of the molecule is CCCc1nc2c(C)cc(C(=O)NC(C)(C)C)cc2n1Cc1ccc(-c2ccccc2C(=O)Nc2nn[nH]n2)cc1. The first-order valence-electron chi connectivity index (χ1n) is 13.7. The zero-order chi connectivity index (χ0) is 29.1. The number of nitrogens with one attached hydrogen (secondary N) is 3. The molecule has 3 N–H and O–H groups in total. The second kappa shape index (κ2) is 11.3. The smallest absolute Gasteiger partial charge is 0.270 e. The van der Waals surface area contributed by atoms with Crippen molar-refractivity contribution in [3.63, 3.8) is 0 Å². The summed E-state index contributed by atoms with van der Waals surface area (Å²) < 4.78 is 2.21. The Morgan fingerprint density at radius 2 is 1.76 bits per heavy atom. The van der Waals surface area contributed by atoms with Crippen LogP contribution in [0.1, 0.15) is 71.8 Å². The fourth-order valence-corrected chi connectivity index (χ4v) is 4.86. The summed E-state index contributed by atoms with van der Waals surface area (Å²) in [6, 6.07) is 19.4. The molecule has 0 radical (unpaired) electrons. The molecule has 2 amide bonds. The Hall–Kier alpha value is -4.86. The summed E-state index contributed by atoms with van der Waals surface area (Å²) in [6.07, 6.45) is 1.79. The van der Waals surface area contributed by atoms with Crippen molar-refractivity contribution in [2.75, 3.05) is 5.32 Å². The van der Waals surface area contributed by atoms with Crippen molar-refractivity contribution in [3.8, 4) is 11.1 Å². The van der Waals surface area contributed by atoms with Crippen molar-refractivity contribution in [2.45, 2.75) is 59.5 Å². The molecule has 0 aliphatic carbocycles. The first-order valence-corrected chi connectivity index (χ1v) is 13.7. The lowest BCUT2D eigenvalue weighted by Gasteiger charge is -2.20. The van der Waals surface area contributed by atoms with Crippen molar-refractivity contribution in [3.05, 3.63) is 88.7 Å². The lowest BCUT2D eigenvalue weighted by atomic mass is 9.98. The van der Waals surface area contributed by atoms with Crippen molar-refractivity contribution in [1.29, 1.82) is 0 Å². The van der Waals surface area contributed by atoms with E-state index in [-0.39, 0.29) is 23.3 Å². The van der Waals surface area contributed by atoms with Crippen LogP contribution in [0.4, 0.5) is 5.95 Å². The number of aromatic nitrogens is 6. The second-order valence-electron chi connectivity index (χ2n) is 11.2. The Kier molecular flexibility index (Phi) is 7.65. The highest BCUT2D eigenvalue weighted by Gasteiger charge is 2.20. The van der Waals surface area contributed by atoms with Gasteiger partial charge >= 0.3 is 0 Å². The molecule has 0 atom stereocenters. The maximum absolute atomic E-state index is 13.0. The Morgan fingerprint density at radius 1 is 1.00 bits per heavy atom. The van der Waals surface area contributed by atoms with Gasteiger partial charge in [-0.2, -0.15) is 5.21 Å². The molecular formula is C31H34N8O2. The number of nitrogens with zero attached hydrogens (tertiary/aromatic N) is 5. The molecule has 0 saturated heterocycles. The number of aromatic amines is 1. The van der Waals surface area contributed by atoms with Gasteiger partial charge in [0.05, 0.1) is 11.0 Å². The number of carbonyl (C=O) groups is 2. The maximum Gasteiger partial charge on any atom is 0.270 e. The average molecular weight is 551 g/mol. The Morgan fingerprint density at radius 3 is 2.44 bits per heavy atom. The van der Waals surface area contributed by atoms with Crippen LogP contribution < -0.4 is 10.6 Å². The highest BCUT2D eigenvalue weighted by atomic mass is 16.2. The topological polar surface area (TPSA) is 130 Å². The number of aryl methyl sites for hydroxylation is 2. The lowest BCUT2D eigenvalue weighted by molar-refractivity contribution is 0.0919. The summed E-state index contributed by atoms with van der Waals surface area (Å²) in [7, 11) is 0. The number of rotatable bonds is 8. The minimum Gasteiger partial charge on any atom is -0.347 e. The Balaban J connectivity index is 1.46. The van der Waals surface area contributed by atoms with Crippen molar-refractivity contribution < 1.29 is 9.59 Å². The van der Waals surface area contributed by atoms with E-state index in [0.29, 0.717) is 17.7 Å². The predicted octanol–water partition coefficient (Wildman–Crippen LogP) is 5.31. The molecule has 0 aliphatic rings. The number of amides is 2. The van der Waals surface area contributed by atoms with Gasteiger partial charge in [0.1, 0.15) is 5.82 Å². The molecule has 0 bridgehead atoms. The zero-order valence-corrected chi connectivity index (χ0v) is 23.9. The average Bonchev–Trinajstić information content (AvgIpc) is 3.57. The number of benzene rings is 3. The number of fused-ring (bicyclic) bond motifs is 1. The molecule has 0 saturated carbocycles. The summed E-state index contributed by atoms with van der Waals surface area (Å²) in [4.78, 5) is 30.9. The van der Waals surface area contributed by atoms with E-state index in [1.165, 1.54) is 0 Å². The third-order valence-electron chi connectivity index (χ3n) is 6.70. The molecule has 5 rings (SSSR count). The molecule has 0 aliphatic heterocycles. The van der Waals surface area contributed by atoms with Gasteiger partial charge in [-0.3, -0.25) is 14.9 Å². The van der Waals surface area contributed by atoms with E-state index < -0.39 is 0 Å². The molecular weight excluding hydrogens is 516 g/mol. The summed E-state index contributed by atoms with van der Waals surface area (Å²) >= 11 is 0. The number of hydrogen-bond acceptors (Lipinski definition) is 6. The minimum atomic E-state index is -0.332. The van der Waals surface area contributed by atoms with Gasteiger partial charge in [0, 0.05) is 29.6 Å². The van der Waals surface area contributed by atoms with E-state index >= 15 is 0 Å². The third-order valence-corrected chi connectivity index (χ3v) is 6.70. The minimum absolute atomic E-state index is 0.0984. The second-order valence-corrected chi connectivity index (χ2v) is 11.2. The van der Waals surface area contributed by atoms with Crippen LogP contribution in [0.3, 0.4) is 0 Å². The van der Waals surface area contributed by atoms with Crippen LogP contribution in [0.5, 0.6) is 0 Å². The molecule has 210 valence electrons.